The maximum absolute atomic E-state index is 13.6. The zero-order chi connectivity index (χ0) is 21.1. The highest BCUT2D eigenvalue weighted by atomic mass is 19.3. The number of amides is 1. The molecule has 1 amide bonds. The molecule has 1 fully saturated rings. The Balaban J connectivity index is 2.05. The molecule has 1 aromatic heterocycles. The molecule has 7 heteroatoms. The highest BCUT2D eigenvalue weighted by Gasteiger charge is 2.47. The third-order valence-corrected chi connectivity index (χ3v) is 5.76. The third kappa shape index (κ3) is 3.90. The lowest BCUT2D eigenvalue weighted by atomic mass is 9.81. The number of rotatable bonds is 4. The summed E-state index contributed by atoms with van der Waals surface area (Å²) in [5, 5.41) is 13.2. The quantitative estimate of drug-likeness (QED) is 0.780. The van der Waals surface area contributed by atoms with E-state index in [2.05, 4.69) is 10.3 Å². The van der Waals surface area contributed by atoms with Crippen LogP contribution in [0.4, 0.5) is 14.7 Å². The number of alkyl halides is 2. The van der Waals surface area contributed by atoms with E-state index in [-0.39, 0.29) is 36.0 Å². The number of benzene rings is 1. The van der Waals surface area contributed by atoms with Crippen molar-refractivity contribution in [2.24, 2.45) is 11.3 Å². The van der Waals surface area contributed by atoms with E-state index in [4.69, 9.17) is 0 Å². The number of hydrogen-bond donors (Lipinski definition) is 2. The second-order valence-corrected chi connectivity index (χ2v) is 9.56. The van der Waals surface area contributed by atoms with Crippen LogP contribution >= 0.6 is 0 Å². The number of nitrogens with one attached hydrogen (secondary N) is 1. The molecule has 2 aromatic rings. The van der Waals surface area contributed by atoms with Gasteiger partial charge in [-0.1, -0.05) is 33.8 Å². The number of aliphatic hydroxyl groups is 1. The molecule has 2 N–H and O–H groups in total. The first-order valence-electron chi connectivity index (χ1n) is 9.62. The monoisotopic (exact) mass is 393 g/mol. The molecule has 154 valence electrons. The molecule has 0 aliphatic heterocycles. The molecule has 0 spiro atoms. The highest BCUT2D eigenvalue weighted by Crippen LogP contribution is 2.48. The van der Waals surface area contributed by atoms with Gasteiger partial charge in [0.15, 0.2) is 0 Å². The van der Waals surface area contributed by atoms with E-state index in [1.54, 1.807) is 36.6 Å². The van der Waals surface area contributed by atoms with E-state index in [1.165, 1.54) is 0 Å². The van der Waals surface area contributed by atoms with Crippen molar-refractivity contribution in [2.45, 2.75) is 71.9 Å². The molecule has 1 aromatic carbocycles. The summed E-state index contributed by atoms with van der Waals surface area (Å²) in [6.45, 7) is 11.1. The first-order chi connectivity index (χ1) is 12.7. The predicted octanol–water partition coefficient (Wildman–Crippen LogP) is 4.85. The normalized spacial score (nSPS) is 18.8. The Hall–Kier alpha value is -2.02. The van der Waals surface area contributed by atoms with E-state index in [0.29, 0.717) is 16.6 Å². The first-order valence-corrected chi connectivity index (χ1v) is 9.62. The summed E-state index contributed by atoms with van der Waals surface area (Å²) >= 11 is 0. The second kappa shape index (κ2) is 6.51. The smallest absolute Gasteiger partial charge is 0.252 e. The number of aromatic nitrogens is 2. The van der Waals surface area contributed by atoms with Crippen LogP contribution in [-0.4, -0.2) is 26.5 Å². The van der Waals surface area contributed by atoms with Gasteiger partial charge in [-0.15, -0.1) is 0 Å². The lowest BCUT2D eigenvalue weighted by Gasteiger charge is -2.37. The lowest BCUT2D eigenvalue weighted by molar-refractivity contribution is -0.122. The van der Waals surface area contributed by atoms with Crippen LogP contribution in [-0.2, 0) is 10.4 Å². The minimum absolute atomic E-state index is 0.196. The molecular formula is C21H29F2N3O2. The first kappa shape index (κ1) is 20.7. The Labute approximate surface area is 164 Å². The van der Waals surface area contributed by atoms with Crippen molar-refractivity contribution in [3.05, 3.63) is 23.8 Å². The van der Waals surface area contributed by atoms with Gasteiger partial charge >= 0.3 is 0 Å². The van der Waals surface area contributed by atoms with Gasteiger partial charge in [0.1, 0.15) is 0 Å². The van der Waals surface area contributed by atoms with E-state index in [0.717, 1.165) is 0 Å². The molecule has 0 radical (unpaired) electrons. The fourth-order valence-corrected chi connectivity index (χ4v) is 3.36. The standard InChI is InChI=1S/C21H29F2N3O2/c1-12(19(2,3)4)17(27)25-18-24-15-8-7-13(20(5,6)28)9-16(15)26(18)14-10-21(22,23)11-14/h7-9,12,14,28H,10-11H2,1-6H3,(H,24,25,27). The number of halogens is 2. The Kier molecular flexibility index (Phi) is 4.81. The average molecular weight is 393 g/mol. The summed E-state index contributed by atoms with van der Waals surface area (Å²) in [7, 11) is 0. The van der Waals surface area contributed by atoms with Crippen molar-refractivity contribution < 1.29 is 18.7 Å². The fourth-order valence-electron chi connectivity index (χ4n) is 3.36. The van der Waals surface area contributed by atoms with Gasteiger partial charge in [-0.2, -0.15) is 0 Å². The van der Waals surface area contributed by atoms with Gasteiger partial charge in [-0.25, -0.2) is 13.8 Å². The summed E-state index contributed by atoms with van der Waals surface area (Å²) in [5.74, 6) is -2.90. The van der Waals surface area contributed by atoms with Crippen LogP contribution in [0, 0.1) is 11.3 Å². The van der Waals surface area contributed by atoms with E-state index in [9.17, 15) is 18.7 Å². The number of fused-ring (bicyclic) bond motifs is 1. The van der Waals surface area contributed by atoms with Gasteiger partial charge < -0.3 is 9.67 Å². The summed E-state index contributed by atoms with van der Waals surface area (Å²) in [4.78, 5) is 17.2. The molecular weight excluding hydrogens is 364 g/mol. The molecule has 28 heavy (non-hydrogen) atoms. The Bertz CT molecular complexity index is 899. The van der Waals surface area contributed by atoms with Gasteiger partial charge in [0.05, 0.1) is 16.6 Å². The van der Waals surface area contributed by atoms with Gasteiger partial charge in [-0.3, -0.25) is 10.1 Å². The van der Waals surface area contributed by atoms with Crippen molar-refractivity contribution in [1.29, 1.82) is 0 Å². The Morgan fingerprint density at radius 1 is 1.29 bits per heavy atom. The van der Waals surface area contributed by atoms with Crippen LogP contribution < -0.4 is 5.32 Å². The molecule has 1 atom stereocenters. The number of nitrogens with zero attached hydrogens (tertiary/aromatic N) is 2. The van der Waals surface area contributed by atoms with Crippen LogP contribution in [0.3, 0.4) is 0 Å². The summed E-state index contributed by atoms with van der Waals surface area (Å²) in [6, 6.07) is 4.83. The molecule has 1 aliphatic carbocycles. The van der Waals surface area contributed by atoms with E-state index in [1.807, 2.05) is 27.7 Å². The summed E-state index contributed by atoms with van der Waals surface area (Å²) in [5.41, 5.74) is 0.587. The van der Waals surface area contributed by atoms with Gasteiger partial charge in [-0.05, 0) is 37.0 Å². The summed E-state index contributed by atoms with van der Waals surface area (Å²) in [6.07, 6.45) is -0.578. The van der Waals surface area contributed by atoms with Crippen molar-refractivity contribution in [1.82, 2.24) is 9.55 Å². The van der Waals surface area contributed by atoms with Crippen molar-refractivity contribution >= 4 is 22.9 Å². The predicted molar refractivity (Wildman–Crippen MR) is 105 cm³/mol. The topological polar surface area (TPSA) is 67.2 Å². The largest absolute Gasteiger partial charge is 0.386 e. The Morgan fingerprint density at radius 2 is 1.89 bits per heavy atom. The van der Waals surface area contributed by atoms with Gasteiger partial charge in [0.25, 0.3) is 5.92 Å². The Morgan fingerprint density at radius 3 is 2.39 bits per heavy atom. The highest BCUT2D eigenvalue weighted by molar-refractivity contribution is 5.93. The van der Waals surface area contributed by atoms with E-state index < -0.39 is 17.6 Å². The van der Waals surface area contributed by atoms with Crippen LogP contribution in [0.1, 0.15) is 66.0 Å². The molecule has 0 bridgehead atoms. The molecule has 1 aliphatic rings. The fraction of sp³-hybridized carbons (Fsp3) is 0.619. The van der Waals surface area contributed by atoms with Crippen LogP contribution in [0.25, 0.3) is 11.0 Å². The number of carbonyl (C=O) groups excluding carboxylic acids is 1. The molecule has 1 heterocycles. The molecule has 5 nitrogen and oxygen atoms in total. The van der Waals surface area contributed by atoms with Gasteiger partial charge in [0, 0.05) is 24.8 Å². The number of hydrogen-bond acceptors (Lipinski definition) is 3. The second-order valence-electron chi connectivity index (χ2n) is 9.56. The van der Waals surface area contributed by atoms with Crippen LogP contribution in [0.15, 0.2) is 18.2 Å². The van der Waals surface area contributed by atoms with Gasteiger partial charge in [0.2, 0.25) is 11.9 Å². The van der Waals surface area contributed by atoms with Crippen LogP contribution in [0.5, 0.6) is 0 Å². The minimum Gasteiger partial charge on any atom is -0.386 e. The molecule has 0 saturated heterocycles. The number of carbonyl (C=O) groups is 1. The maximum atomic E-state index is 13.6. The third-order valence-electron chi connectivity index (χ3n) is 5.76. The molecule has 1 unspecified atom stereocenters. The van der Waals surface area contributed by atoms with Crippen LogP contribution in [0.2, 0.25) is 0 Å². The zero-order valence-corrected chi connectivity index (χ0v) is 17.3. The van der Waals surface area contributed by atoms with Crippen molar-refractivity contribution in [3.8, 4) is 0 Å². The van der Waals surface area contributed by atoms with E-state index >= 15 is 0 Å². The van der Waals surface area contributed by atoms with Crippen molar-refractivity contribution in [2.75, 3.05) is 5.32 Å². The molecule has 1 saturated carbocycles. The lowest BCUT2D eigenvalue weighted by Crippen LogP contribution is -2.38. The minimum atomic E-state index is -2.70. The average Bonchev–Trinajstić information content (AvgIpc) is 2.86. The van der Waals surface area contributed by atoms with Crippen molar-refractivity contribution in [3.63, 3.8) is 0 Å². The maximum Gasteiger partial charge on any atom is 0.252 e. The summed E-state index contributed by atoms with van der Waals surface area (Å²) < 4.78 is 28.8. The SMILES string of the molecule is CC(C(=O)Nc1nc2ccc(C(C)(C)O)cc2n1C1CC(F)(F)C1)C(C)(C)C. The number of imidazole rings is 1. The zero-order valence-electron chi connectivity index (χ0n) is 17.3. The molecule has 3 rings (SSSR count). The number of anilines is 1.